The Morgan fingerprint density at radius 3 is 2.49 bits per heavy atom. The van der Waals surface area contributed by atoms with E-state index < -0.39 is 0 Å². The van der Waals surface area contributed by atoms with E-state index in [0.717, 1.165) is 16.8 Å². The zero-order valence-corrected chi connectivity index (χ0v) is 18.5. The number of halogens is 1. The van der Waals surface area contributed by atoms with Gasteiger partial charge in [0.2, 0.25) is 5.88 Å². The Morgan fingerprint density at radius 2 is 1.77 bits per heavy atom. The maximum Gasteiger partial charge on any atom is 0.255 e. The molecular formula is C27H20FN5O2. The molecule has 0 atom stereocenters. The number of nitrogens with zero attached hydrogens (tertiary/aromatic N) is 4. The molecule has 0 unspecified atom stereocenters. The standard InChI is InChI=1S/C27H20FN5O2/c28-21-9-11-23(12-10-21)35-25-13-8-19(15-30-25)16-31-27(34)24-18-33(22-6-2-1-3-7-22)32-26(24)20-5-4-14-29-17-20/h1-15,17-18H,16H2,(H,31,34). The van der Waals surface area contributed by atoms with Crippen LogP contribution < -0.4 is 10.1 Å². The summed E-state index contributed by atoms with van der Waals surface area (Å²) in [6, 6.07) is 22.5. The first kappa shape index (κ1) is 22.0. The van der Waals surface area contributed by atoms with Crippen LogP contribution in [0.2, 0.25) is 0 Å². The molecule has 0 radical (unpaired) electrons. The summed E-state index contributed by atoms with van der Waals surface area (Å²) in [5.41, 5.74) is 3.36. The molecule has 8 heteroatoms. The van der Waals surface area contributed by atoms with Gasteiger partial charge in [0.1, 0.15) is 17.3 Å². The number of nitrogens with one attached hydrogen (secondary N) is 1. The third-order valence-electron chi connectivity index (χ3n) is 5.20. The number of amides is 1. The second-order valence-corrected chi connectivity index (χ2v) is 7.66. The smallest absolute Gasteiger partial charge is 0.255 e. The summed E-state index contributed by atoms with van der Waals surface area (Å²) in [6.07, 6.45) is 6.69. The van der Waals surface area contributed by atoms with Crippen LogP contribution in [0.5, 0.6) is 11.6 Å². The quantitative estimate of drug-likeness (QED) is 0.358. The highest BCUT2D eigenvalue weighted by Crippen LogP contribution is 2.23. The molecule has 0 fully saturated rings. The Kier molecular flexibility index (Phi) is 6.25. The summed E-state index contributed by atoms with van der Waals surface area (Å²) in [5, 5.41) is 7.58. The summed E-state index contributed by atoms with van der Waals surface area (Å²) < 4.78 is 20.3. The SMILES string of the molecule is O=C(NCc1ccc(Oc2ccc(F)cc2)nc1)c1cn(-c2ccccc2)nc1-c1cccnc1. The lowest BCUT2D eigenvalue weighted by Gasteiger charge is -2.07. The second-order valence-electron chi connectivity index (χ2n) is 7.66. The zero-order valence-electron chi connectivity index (χ0n) is 18.5. The molecule has 0 aliphatic heterocycles. The average Bonchev–Trinajstić information content (AvgIpc) is 3.36. The lowest BCUT2D eigenvalue weighted by Crippen LogP contribution is -2.23. The number of benzene rings is 2. The monoisotopic (exact) mass is 465 g/mol. The van der Waals surface area contributed by atoms with Crippen molar-refractivity contribution in [3.8, 4) is 28.6 Å². The molecule has 1 N–H and O–H groups in total. The number of hydrogen-bond donors (Lipinski definition) is 1. The lowest BCUT2D eigenvalue weighted by atomic mass is 10.1. The number of carbonyl (C=O) groups excluding carboxylic acids is 1. The molecule has 2 aromatic carbocycles. The summed E-state index contributed by atoms with van der Waals surface area (Å²) in [6.45, 7) is 0.270. The van der Waals surface area contributed by atoms with Crippen LogP contribution in [0.3, 0.4) is 0 Å². The molecule has 35 heavy (non-hydrogen) atoms. The van der Waals surface area contributed by atoms with Gasteiger partial charge in [-0.25, -0.2) is 14.1 Å². The van der Waals surface area contributed by atoms with Crippen LogP contribution in [0.25, 0.3) is 16.9 Å². The lowest BCUT2D eigenvalue weighted by molar-refractivity contribution is 0.0951. The highest BCUT2D eigenvalue weighted by molar-refractivity contribution is 5.99. The summed E-state index contributed by atoms with van der Waals surface area (Å²) in [5.74, 6) is 0.253. The van der Waals surface area contributed by atoms with Crippen LogP contribution in [0.1, 0.15) is 15.9 Å². The number of ether oxygens (including phenoxy) is 1. The molecule has 0 aliphatic carbocycles. The summed E-state index contributed by atoms with van der Waals surface area (Å²) in [4.78, 5) is 21.6. The van der Waals surface area contributed by atoms with Gasteiger partial charge < -0.3 is 10.1 Å². The molecule has 1 amide bonds. The molecule has 0 spiro atoms. The molecule has 0 saturated carbocycles. The number of rotatable bonds is 7. The van der Waals surface area contributed by atoms with Gasteiger partial charge in [-0.05, 0) is 54.1 Å². The van der Waals surface area contributed by atoms with Gasteiger partial charge in [0.25, 0.3) is 5.91 Å². The third-order valence-corrected chi connectivity index (χ3v) is 5.20. The molecule has 0 saturated heterocycles. The van der Waals surface area contributed by atoms with Crippen LogP contribution in [-0.4, -0.2) is 25.7 Å². The normalized spacial score (nSPS) is 10.7. The molecule has 7 nitrogen and oxygen atoms in total. The van der Waals surface area contributed by atoms with E-state index in [-0.39, 0.29) is 18.3 Å². The van der Waals surface area contributed by atoms with Crippen LogP contribution >= 0.6 is 0 Å². The largest absolute Gasteiger partial charge is 0.439 e. The molecule has 0 aliphatic rings. The topological polar surface area (TPSA) is 81.9 Å². The van der Waals surface area contributed by atoms with Crippen molar-refractivity contribution in [2.24, 2.45) is 0 Å². The molecule has 3 heterocycles. The number of para-hydroxylation sites is 1. The van der Waals surface area contributed by atoms with E-state index in [4.69, 9.17) is 4.74 Å². The Hall–Kier alpha value is -4.85. The second kappa shape index (κ2) is 9.96. The fraction of sp³-hybridized carbons (Fsp3) is 0.0370. The molecule has 5 rings (SSSR count). The number of carbonyl (C=O) groups is 1. The van der Waals surface area contributed by atoms with Crippen LogP contribution in [0.15, 0.2) is 104 Å². The van der Waals surface area contributed by atoms with E-state index >= 15 is 0 Å². The van der Waals surface area contributed by atoms with Gasteiger partial charge >= 0.3 is 0 Å². The van der Waals surface area contributed by atoms with Crippen LogP contribution in [0.4, 0.5) is 4.39 Å². The van der Waals surface area contributed by atoms with Gasteiger partial charge in [-0.3, -0.25) is 9.78 Å². The van der Waals surface area contributed by atoms with Crippen molar-refractivity contribution in [3.63, 3.8) is 0 Å². The fourth-order valence-electron chi connectivity index (χ4n) is 3.45. The Bertz CT molecular complexity index is 1420. The van der Waals surface area contributed by atoms with E-state index in [1.165, 1.54) is 24.3 Å². The first-order valence-electron chi connectivity index (χ1n) is 10.9. The van der Waals surface area contributed by atoms with Crippen molar-refractivity contribution in [2.45, 2.75) is 6.54 Å². The van der Waals surface area contributed by atoms with Crippen molar-refractivity contribution in [1.82, 2.24) is 25.1 Å². The highest BCUT2D eigenvalue weighted by Gasteiger charge is 2.19. The van der Waals surface area contributed by atoms with Crippen molar-refractivity contribution >= 4 is 5.91 Å². The Morgan fingerprint density at radius 1 is 0.943 bits per heavy atom. The van der Waals surface area contributed by atoms with Crippen molar-refractivity contribution in [2.75, 3.05) is 0 Å². The van der Waals surface area contributed by atoms with E-state index in [0.29, 0.717) is 22.9 Å². The Balaban J connectivity index is 1.31. The maximum absolute atomic E-state index is 13.1. The number of pyridine rings is 2. The Labute approximate surface area is 200 Å². The molecule has 0 bridgehead atoms. The predicted molar refractivity (Wildman–Crippen MR) is 129 cm³/mol. The molecular weight excluding hydrogens is 445 g/mol. The van der Waals surface area contributed by atoms with Crippen molar-refractivity contribution in [3.05, 3.63) is 121 Å². The molecule has 3 aromatic heterocycles. The first-order chi connectivity index (χ1) is 17.2. The van der Waals surface area contributed by atoms with E-state index in [1.54, 1.807) is 41.6 Å². The minimum Gasteiger partial charge on any atom is -0.439 e. The van der Waals surface area contributed by atoms with E-state index in [1.807, 2.05) is 42.5 Å². The minimum absolute atomic E-state index is 0.266. The van der Waals surface area contributed by atoms with E-state index in [2.05, 4.69) is 20.4 Å². The molecule has 172 valence electrons. The van der Waals surface area contributed by atoms with Gasteiger partial charge in [-0.1, -0.05) is 24.3 Å². The third kappa shape index (κ3) is 5.22. The van der Waals surface area contributed by atoms with Gasteiger partial charge in [0.05, 0.1) is 11.3 Å². The fourth-order valence-corrected chi connectivity index (χ4v) is 3.45. The number of aromatic nitrogens is 4. The van der Waals surface area contributed by atoms with Crippen molar-refractivity contribution in [1.29, 1.82) is 0 Å². The zero-order chi connectivity index (χ0) is 24.0. The predicted octanol–water partition coefficient (Wildman–Crippen LogP) is 5.19. The van der Waals surface area contributed by atoms with Gasteiger partial charge in [0, 0.05) is 43.0 Å². The summed E-state index contributed by atoms with van der Waals surface area (Å²) >= 11 is 0. The maximum atomic E-state index is 13.1. The molecule has 5 aromatic rings. The minimum atomic E-state index is -0.336. The average molecular weight is 465 g/mol. The first-order valence-corrected chi connectivity index (χ1v) is 10.9. The van der Waals surface area contributed by atoms with Crippen LogP contribution in [-0.2, 0) is 6.54 Å². The summed E-state index contributed by atoms with van der Waals surface area (Å²) in [7, 11) is 0. The van der Waals surface area contributed by atoms with E-state index in [9.17, 15) is 9.18 Å². The highest BCUT2D eigenvalue weighted by atomic mass is 19.1. The number of hydrogen-bond acceptors (Lipinski definition) is 5. The van der Waals surface area contributed by atoms with Gasteiger partial charge in [-0.15, -0.1) is 0 Å². The van der Waals surface area contributed by atoms with Gasteiger partial charge in [-0.2, -0.15) is 5.10 Å². The van der Waals surface area contributed by atoms with Crippen LogP contribution in [0, 0.1) is 5.82 Å². The van der Waals surface area contributed by atoms with Crippen molar-refractivity contribution < 1.29 is 13.9 Å². The van der Waals surface area contributed by atoms with Gasteiger partial charge in [0.15, 0.2) is 0 Å².